The number of carbonyl (C=O) groups is 1. The highest BCUT2D eigenvalue weighted by Crippen LogP contribution is 2.21. The summed E-state index contributed by atoms with van der Waals surface area (Å²) < 4.78 is 25.8. The molecule has 0 bridgehead atoms. The van der Waals surface area contributed by atoms with Crippen LogP contribution in [0.1, 0.15) is 24.9 Å². The maximum Gasteiger partial charge on any atom is 0.221 e. The second kappa shape index (κ2) is 7.21. The van der Waals surface area contributed by atoms with Gasteiger partial charge in [0.2, 0.25) is 5.91 Å². The van der Waals surface area contributed by atoms with Crippen molar-refractivity contribution < 1.29 is 13.6 Å². The van der Waals surface area contributed by atoms with Gasteiger partial charge in [-0.2, -0.15) is 5.10 Å². The lowest BCUT2D eigenvalue weighted by molar-refractivity contribution is -0.121. The number of H-pyrrole nitrogens is 1. The molecule has 4 nitrogen and oxygen atoms in total. The number of amides is 1. The third kappa shape index (κ3) is 4.56. The highest BCUT2D eigenvalue weighted by atomic mass is 32.2. The first kappa shape index (κ1) is 15.5. The van der Waals surface area contributed by atoms with Crippen molar-refractivity contribution in [2.45, 2.75) is 24.3 Å². The lowest BCUT2D eigenvalue weighted by Crippen LogP contribution is -2.26. The van der Waals surface area contributed by atoms with Gasteiger partial charge in [-0.3, -0.25) is 9.89 Å². The topological polar surface area (TPSA) is 57.8 Å². The Morgan fingerprint density at radius 2 is 2.24 bits per heavy atom. The van der Waals surface area contributed by atoms with E-state index < -0.39 is 11.6 Å². The number of carbonyl (C=O) groups excluding carboxylic acids is 1. The molecule has 21 heavy (non-hydrogen) atoms. The molecule has 2 aromatic rings. The zero-order chi connectivity index (χ0) is 15.2. The number of hydrogen-bond acceptors (Lipinski definition) is 3. The monoisotopic (exact) mass is 311 g/mol. The molecule has 0 spiro atoms. The Bertz CT molecular complexity index is 604. The maximum absolute atomic E-state index is 13.0. The van der Waals surface area contributed by atoms with Crippen LogP contribution in [0.2, 0.25) is 0 Å². The van der Waals surface area contributed by atoms with Crippen LogP contribution in [0, 0.1) is 11.6 Å². The molecule has 0 fully saturated rings. The van der Waals surface area contributed by atoms with E-state index in [9.17, 15) is 13.6 Å². The molecule has 2 N–H and O–H groups in total. The van der Waals surface area contributed by atoms with Crippen LogP contribution in [0.5, 0.6) is 0 Å². The molecule has 1 heterocycles. The molecule has 1 aromatic carbocycles. The zero-order valence-electron chi connectivity index (χ0n) is 11.4. The van der Waals surface area contributed by atoms with Gasteiger partial charge in [0.05, 0.1) is 12.2 Å². The first-order valence-electron chi connectivity index (χ1n) is 6.42. The van der Waals surface area contributed by atoms with Crippen molar-refractivity contribution in [3.05, 3.63) is 47.8 Å². The second-order valence-corrected chi connectivity index (χ2v) is 5.66. The van der Waals surface area contributed by atoms with Crippen LogP contribution in [0.3, 0.4) is 0 Å². The summed E-state index contributed by atoms with van der Waals surface area (Å²) >= 11 is 1.31. The minimum atomic E-state index is -0.877. The van der Waals surface area contributed by atoms with E-state index >= 15 is 0 Å². The van der Waals surface area contributed by atoms with Crippen molar-refractivity contribution in [3.63, 3.8) is 0 Å². The molecule has 1 atom stereocenters. The lowest BCUT2D eigenvalue weighted by atomic mass is 10.2. The SMILES string of the molecule is CC(NC(=O)CCSc1ccc(F)c(F)c1)c1cn[nH]c1. The molecule has 7 heteroatoms. The third-order valence-corrected chi connectivity index (χ3v) is 3.88. The number of aromatic amines is 1. The summed E-state index contributed by atoms with van der Waals surface area (Å²) in [6.45, 7) is 1.87. The minimum Gasteiger partial charge on any atom is -0.349 e. The summed E-state index contributed by atoms with van der Waals surface area (Å²) in [5.41, 5.74) is 0.900. The molecule has 0 saturated heterocycles. The van der Waals surface area contributed by atoms with Gasteiger partial charge >= 0.3 is 0 Å². The average Bonchev–Trinajstić information content (AvgIpc) is 2.97. The molecule has 0 saturated carbocycles. The fraction of sp³-hybridized carbons (Fsp3) is 0.286. The quantitative estimate of drug-likeness (QED) is 0.806. The van der Waals surface area contributed by atoms with E-state index in [1.165, 1.54) is 17.8 Å². The van der Waals surface area contributed by atoms with Crippen molar-refractivity contribution in [1.82, 2.24) is 15.5 Å². The van der Waals surface area contributed by atoms with Gasteiger partial charge in [0.15, 0.2) is 11.6 Å². The van der Waals surface area contributed by atoms with E-state index in [0.717, 1.165) is 17.7 Å². The van der Waals surface area contributed by atoms with Gasteiger partial charge in [0.25, 0.3) is 0 Å². The van der Waals surface area contributed by atoms with Crippen LogP contribution < -0.4 is 5.32 Å². The predicted molar refractivity (Wildman–Crippen MR) is 76.8 cm³/mol. The largest absolute Gasteiger partial charge is 0.349 e. The fourth-order valence-electron chi connectivity index (χ4n) is 1.72. The number of nitrogens with zero attached hydrogens (tertiary/aromatic N) is 1. The minimum absolute atomic E-state index is 0.0983. The molecular formula is C14H15F2N3OS. The Morgan fingerprint density at radius 1 is 1.43 bits per heavy atom. The summed E-state index contributed by atoms with van der Waals surface area (Å²) in [7, 11) is 0. The number of benzene rings is 1. The standard InChI is InChI=1S/C14H15F2N3OS/c1-9(10-7-17-18-8-10)19-14(20)4-5-21-11-2-3-12(15)13(16)6-11/h2-3,6-9H,4-5H2,1H3,(H,17,18)(H,19,20). The lowest BCUT2D eigenvalue weighted by Gasteiger charge is -2.11. The van der Waals surface area contributed by atoms with Crippen molar-refractivity contribution in [3.8, 4) is 0 Å². The summed E-state index contributed by atoms with van der Waals surface area (Å²) in [5.74, 6) is -1.35. The Labute approximate surface area is 125 Å². The van der Waals surface area contributed by atoms with Gasteiger partial charge in [-0.1, -0.05) is 0 Å². The molecule has 0 aliphatic carbocycles. The van der Waals surface area contributed by atoms with E-state index in [-0.39, 0.29) is 11.9 Å². The van der Waals surface area contributed by atoms with Crippen LogP contribution in [0.4, 0.5) is 8.78 Å². The second-order valence-electron chi connectivity index (χ2n) is 4.50. The Hall–Kier alpha value is -1.89. The van der Waals surface area contributed by atoms with Crippen LogP contribution in [-0.2, 0) is 4.79 Å². The van der Waals surface area contributed by atoms with Gasteiger partial charge in [-0.05, 0) is 25.1 Å². The van der Waals surface area contributed by atoms with E-state index in [1.807, 2.05) is 6.92 Å². The van der Waals surface area contributed by atoms with E-state index in [1.54, 1.807) is 12.4 Å². The number of aromatic nitrogens is 2. The van der Waals surface area contributed by atoms with Gasteiger partial charge in [0.1, 0.15) is 0 Å². The van der Waals surface area contributed by atoms with Gasteiger partial charge in [-0.15, -0.1) is 11.8 Å². The van der Waals surface area contributed by atoms with E-state index in [4.69, 9.17) is 0 Å². The van der Waals surface area contributed by atoms with E-state index in [2.05, 4.69) is 15.5 Å². The van der Waals surface area contributed by atoms with Crippen LogP contribution in [-0.4, -0.2) is 21.9 Å². The Balaban J connectivity index is 1.75. The van der Waals surface area contributed by atoms with Crippen molar-refractivity contribution in [2.75, 3.05) is 5.75 Å². The smallest absolute Gasteiger partial charge is 0.221 e. The summed E-state index contributed by atoms with van der Waals surface area (Å²) in [6, 6.07) is 3.59. The number of hydrogen-bond donors (Lipinski definition) is 2. The number of rotatable bonds is 6. The van der Waals surface area contributed by atoms with Crippen molar-refractivity contribution in [1.29, 1.82) is 0 Å². The first-order valence-corrected chi connectivity index (χ1v) is 7.40. The molecule has 0 radical (unpaired) electrons. The maximum atomic E-state index is 13.0. The van der Waals surface area contributed by atoms with Gasteiger partial charge < -0.3 is 5.32 Å². The molecule has 1 unspecified atom stereocenters. The van der Waals surface area contributed by atoms with Crippen LogP contribution in [0.25, 0.3) is 0 Å². The molecular weight excluding hydrogens is 296 g/mol. The fourth-order valence-corrected chi connectivity index (χ4v) is 2.60. The molecule has 1 amide bonds. The first-order chi connectivity index (χ1) is 10.1. The zero-order valence-corrected chi connectivity index (χ0v) is 12.2. The van der Waals surface area contributed by atoms with Crippen molar-refractivity contribution >= 4 is 17.7 Å². The predicted octanol–water partition coefficient (Wildman–Crippen LogP) is 3.05. The summed E-state index contributed by atoms with van der Waals surface area (Å²) in [4.78, 5) is 12.4. The van der Waals surface area contributed by atoms with Gasteiger partial charge in [0, 0.05) is 28.8 Å². The highest BCUT2D eigenvalue weighted by Gasteiger charge is 2.10. The Kier molecular flexibility index (Phi) is 5.32. The summed E-state index contributed by atoms with van der Waals surface area (Å²) in [6.07, 6.45) is 3.67. The third-order valence-electron chi connectivity index (χ3n) is 2.89. The molecule has 112 valence electrons. The average molecular weight is 311 g/mol. The number of halogens is 2. The van der Waals surface area contributed by atoms with Crippen molar-refractivity contribution in [2.24, 2.45) is 0 Å². The Morgan fingerprint density at radius 3 is 2.90 bits per heavy atom. The van der Waals surface area contributed by atoms with Crippen LogP contribution >= 0.6 is 11.8 Å². The van der Waals surface area contributed by atoms with Crippen LogP contribution in [0.15, 0.2) is 35.5 Å². The molecule has 0 aliphatic heterocycles. The highest BCUT2D eigenvalue weighted by molar-refractivity contribution is 7.99. The summed E-state index contributed by atoms with van der Waals surface area (Å²) in [5, 5.41) is 9.35. The number of thioether (sulfide) groups is 1. The molecule has 0 aliphatic rings. The van der Waals surface area contributed by atoms with E-state index in [0.29, 0.717) is 17.1 Å². The molecule has 2 rings (SSSR count). The number of nitrogens with one attached hydrogen (secondary N) is 2. The van der Waals surface area contributed by atoms with Gasteiger partial charge in [-0.25, -0.2) is 8.78 Å². The normalized spacial score (nSPS) is 12.1. The molecule has 1 aromatic heterocycles.